The number of nitrogens with one attached hydrogen (secondary N) is 2. The van der Waals surface area contributed by atoms with E-state index in [2.05, 4.69) is 25.4 Å². The van der Waals surface area contributed by atoms with Crippen molar-refractivity contribution in [3.8, 4) is 17.3 Å². The van der Waals surface area contributed by atoms with E-state index in [4.69, 9.17) is 4.74 Å². The maximum absolute atomic E-state index is 15.0. The minimum Gasteiger partial charge on any atom is -0.452 e. The Morgan fingerprint density at radius 3 is 2.50 bits per heavy atom. The molecule has 0 aliphatic heterocycles. The van der Waals surface area contributed by atoms with E-state index in [0.717, 1.165) is 17.8 Å². The number of H-pyrrole nitrogens is 1. The van der Waals surface area contributed by atoms with Crippen molar-refractivity contribution < 1.29 is 27.1 Å². The molecule has 4 heterocycles. The van der Waals surface area contributed by atoms with Crippen LogP contribution in [-0.2, 0) is 6.18 Å². The largest absolute Gasteiger partial charge is 0.452 e. The third kappa shape index (κ3) is 4.90. The van der Waals surface area contributed by atoms with Crippen LogP contribution < -0.4 is 15.7 Å². The molecule has 1 aromatic carbocycles. The number of hydrogen-bond donors (Lipinski definition) is 2. The molecule has 0 unspecified atom stereocenters. The normalized spacial score (nSPS) is 11.8. The van der Waals surface area contributed by atoms with Crippen LogP contribution in [0.25, 0.3) is 17.0 Å². The number of benzene rings is 1. The van der Waals surface area contributed by atoms with Crippen molar-refractivity contribution >= 4 is 22.8 Å². The molecule has 14 heteroatoms. The van der Waals surface area contributed by atoms with Crippen molar-refractivity contribution in [2.24, 2.45) is 0 Å². The Morgan fingerprint density at radius 2 is 1.85 bits per heavy atom. The van der Waals surface area contributed by atoms with Gasteiger partial charge in [0.1, 0.15) is 5.52 Å². The van der Waals surface area contributed by atoms with Crippen LogP contribution in [0.2, 0.25) is 0 Å². The molecule has 2 N–H and O–H groups in total. The third-order valence-electron chi connectivity index (χ3n) is 5.89. The van der Waals surface area contributed by atoms with Crippen LogP contribution in [0.5, 0.6) is 11.5 Å². The Kier molecular flexibility index (Phi) is 6.61. The van der Waals surface area contributed by atoms with Crippen LogP contribution in [0, 0.1) is 12.7 Å². The van der Waals surface area contributed by atoms with Gasteiger partial charge in [-0.1, -0.05) is 6.07 Å². The highest BCUT2D eigenvalue weighted by atomic mass is 19.4. The summed E-state index contributed by atoms with van der Waals surface area (Å²) in [6.07, 6.45) is -1.41. The maximum Gasteiger partial charge on any atom is 0.434 e. The number of rotatable bonds is 6. The first kappa shape index (κ1) is 26.6. The summed E-state index contributed by atoms with van der Waals surface area (Å²) in [4.78, 5) is 35.8. The van der Waals surface area contributed by atoms with E-state index in [9.17, 15) is 22.8 Å². The molecule has 0 radical (unpaired) electrons. The molecule has 4 aromatic heterocycles. The van der Waals surface area contributed by atoms with Gasteiger partial charge in [-0.15, -0.1) is 0 Å². The summed E-state index contributed by atoms with van der Waals surface area (Å²) >= 11 is 0. The van der Waals surface area contributed by atoms with Crippen LogP contribution in [0.15, 0.2) is 59.8 Å². The molecule has 0 saturated heterocycles. The van der Waals surface area contributed by atoms with Gasteiger partial charge in [0.25, 0.3) is 5.91 Å². The summed E-state index contributed by atoms with van der Waals surface area (Å²) in [5, 5.41) is 5.98. The zero-order valence-corrected chi connectivity index (χ0v) is 21.2. The summed E-state index contributed by atoms with van der Waals surface area (Å²) in [7, 11) is 0. The highest BCUT2D eigenvalue weighted by Crippen LogP contribution is 2.35. The number of fused-ring (bicyclic) bond motifs is 1. The number of hydrogen-bond acceptors (Lipinski definition) is 6. The fourth-order valence-electron chi connectivity index (χ4n) is 4.12. The molecule has 0 fully saturated rings. The lowest BCUT2D eigenvalue weighted by Crippen LogP contribution is -2.21. The van der Waals surface area contributed by atoms with Gasteiger partial charge in [0, 0.05) is 36.3 Å². The second-order valence-electron chi connectivity index (χ2n) is 9.11. The number of ether oxygens (including phenoxy) is 1. The summed E-state index contributed by atoms with van der Waals surface area (Å²) in [6, 6.07) is 7.48. The first-order valence-electron chi connectivity index (χ1n) is 11.9. The molecule has 0 bridgehead atoms. The average Bonchev–Trinajstić information content (AvgIpc) is 3.48. The van der Waals surface area contributed by atoms with Gasteiger partial charge in [-0.05, 0) is 44.5 Å². The van der Waals surface area contributed by atoms with Crippen molar-refractivity contribution in [1.82, 2.24) is 29.3 Å². The number of amides is 1. The SMILES string of the molecule is Cc1ccc(-n2ncc(C(=O)Nc3ccc(Oc4ccnc5[nH]c(=O)n(C(C)C)c45)c(F)c3)c2C(F)(F)F)nc1. The number of aromatic amines is 1. The fourth-order valence-corrected chi connectivity index (χ4v) is 4.12. The van der Waals surface area contributed by atoms with Gasteiger partial charge in [-0.3, -0.25) is 14.3 Å². The third-order valence-corrected chi connectivity index (χ3v) is 5.89. The van der Waals surface area contributed by atoms with E-state index in [-0.39, 0.29) is 34.7 Å². The van der Waals surface area contributed by atoms with Gasteiger partial charge in [-0.25, -0.2) is 23.8 Å². The molecule has 0 saturated carbocycles. The summed E-state index contributed by atoms with van der Waals surface area (Å²) in [5.41, 5.74) is -1.31. The van der Waals surface area contributed by atoms with E-state index >= 15 is 4.39 Å². The molecular weight excluding hydrogens is 534 g/mol. The molecule has 10 nitrogen and oxygen atoms in total. The first-order chi connectivity index (χ1) is 18.9. The highest BCUT2D eigenvalue weighted by Gasteiger charge is 2.41. The van der Waals surface area contributed by atoms with Crippen molar-refractivity contribution in [2.45, 2.75) is 33.0 Å². The van der Waals surface area contributed by atoms with Gasteiger partial charge in [0.05, 0.1) is 11.8 Å². The summed E-state index contributed by atoms with van der Waals surface area (Å²) in [5.74, 6) is -2.28. The quantitative estimate of drug-likeness (QED) is 0.271. The van der Waals surface area contributed by atoms with Gasteiger partial charge < -0.3 is 10.1 Å². The lowest BCUT2D eigenvalue weighted by atomic mass is 10.2. The molecule has 0 spiro atoms. The van der Waals surface area contributed by atoms with Crippen molar-refractivity contribution in [2.75, 3.05) is 5.32 Å². The van der Waals surface area contributed by atoms with Crippen LogP contribution in [-0.4, -0.2) is 35.2 Å². The standard InChI is InChI=1S/C26H21F4N7O3/c1-13(2)36-21-19(8-9-31-23(21)35-25(36)39)40-18-6-5-15(10-17(18)27)34-24(38)16-12-33-37(22(16)26(28,29)30)20-7-4-14(3)11-32-20/h4-13H,1-3H3,(H,34,38)(H,31,35,39). The van der Waals surface area contributed by atoms with Gasteiger partial charge in [-0.2, -0.15) is 18.3 Å². The van der Waals surface area contributed by atoms with Crippen molar-refractivity contribution in [1.29, 1.82) is 0 Å². The molecule has 1 amide bonds. The van der Waals surface area contributed by atoms with Crippen LogP contribution in [0.1, 0.15) is 41.5 Å². The maximum atomic E-state index is 15.0. The molecule has 40 heavy (non-hydrogen) atoms. The molecular formula is C26H21F4N7O3. The molecule has 0 atom stereocenters. The number of aromatic nitrogens is 6. The Morgan fingerprint density at radius 1 is 1.07 bits per heavy atom. The Labute approximate surface area is 223 Å². The minimum atomic E-state index is -4.94. The lowest BCUT2D eigenvalue weighted by Gasteiger charge is -2.14. The lowest BCUT2D eigenvalue weighted by molar-refractivity contribution is -0.143. The Balaban J connectivity index is 1.42. The molecule has 206 valence electrons. The van der Waals surface area contributed by atoms with Crippen LogP contribution >= 0.6 is 0 Å². The van der Waals surface area contributed by atoms with E-state index in [0.29, 0.717) is 10.2 Å². The second kappa shape index (κ2) is 9.94. The average molecular weight is 555 g/mol. The Hall–Kier alpha value is -5.01. The monoisotopic (exact) mass is 555 g/mol. The second-order valence-corrected chi connectivity index (χ2v) is 9.11. The zero-order valence-electron chi connectivity index (χ0n) is 21.2. The highest BCUT2D eigenvalue weighted by molar-refractivity contribution is 6.05. The van der Waals surface area contributed by atoms with Crippen LogP contribution in [0.4, 0.5) is 23.2 Å². The molecule has 0 aliphatic rings. The number of carbonyl (C=O) groups excluding carboxylic acids is 1. The predicted molar refractivity (Wildman–Crippen MR) is 136 cm³/mol. The summed E-state index contributed by atoms with van der Waals surface area (Å²) in [6.45, 7) is 5.30. The molecule has 5 aromatic rings. The van der Waals surface area contributed by atoms with E-state index in [1.54, 1.807) is 26.8 Å². The fraction of sp³-hybridized carbons (Fsp3) is 0.192. The number of nitrogens with zero attached hydrogens (tertiary/aromatic N) is 5. The van der Waals surface area contributed by atoms with E-state index in [1.165, 1.54) is 41.2 Å². The number of carbonyl (C=O) groups is 1. The minimum absolute atomic E-state index is 0.121. The summed E-state index contributed by atoms with van der Waals surface area (Å²) < 4.78 is 64.5. The van der Waals surface area contributed by atoms with Crippen molar-refractivity contribution in [3.05, 3.63) is 88.1 Å². The van der Waals surface area contributed by atoms with Crippen LogP contribution in [0.3, 0.4) is 0 Å². The number of anilines is 1. The van der Waals surface area contributed by atoms with E-state index < -0.39 is 34.8 Å². The van der Waals surface area contributed by atoms with Gasteiger partial charge >= 0.3 is 11.9 Å². The molecule has 5 rings (SSSR count). The number of halogens is 4. The number of alkyl halides is 3. The van der Waals surface area contributed by atoms with Gasteiger partial charge in [0.2, 0.25) is 0 Å². The topological polar surface area (TPSA) is 120 Å². The van der Waals surface area contributed by atoms with Gasteiger partial charge in [0.15, 0.2) is 34.5 Å². The Bertz CT molecular complexity index is 1790. The number of pyridine rings is 2. The zero-order chi connectivity index (χ0) is 28.8. The smallest absolute Gasteiger partial charge is 0.434 e. The number of imidazole rings is 1. The predicted octanol–water partition coefficient (Wildman–Crippen LogP) is 5.40. The molecule has 0 aliphatic carbocycles. The van der Waals surface area contributed by atoms with E-state index in [1.807, 2.05) is 0 Å². The number of aryl methyl sites for hydroxylation is 1. The van der Waals surface area contributed by atoms with Crippen molar-refractivity contribution in [3.63, 3.8) is 0 Å². The first-order valence-corrected chi connectivity index (χ1v) is 11.9.